The van der Waals surface area contributed by atoms with Crippen molar-refractivity contribution in [2.75, 3.05) is 13.1 Å². The fourth-order valence-electron chi connectivity index (χ4n) is 1.98. The van der Waals surface area contributed by atoms with Gasteiger partial charge >= 0.3 is 5.00 Å². The molecule has 1 fully saturated rings. The molecule has 0 radical (unpaired) electrons. The summed E-state index contributed by atoms with van der Waals surface area (Å²) >= 11 is 0.914. The van der Waals surface area contributed by atoms with Gasteiger partial charge in [-0.2, -0.15) is 0 Å². The maximum Gasteiger partial charge on any atom is 0.324 e. The Hall–Kier alpha value is -1.47. The molecule has 2 N–H and O–H groups in total. The zero-order valence-electron chi connectivity index (χ0n) is 10.0. The summed E-state index contributed by atoms with van der Waals surface area (Å²) in [5.41, 5.74) is 5.94. The summed E-state index contributed by atoms with van der Waals surface area (Å²) in [6.45, 7) is 3.26. The van der Waals surface area contributed by atoms with E-state index in [0.29, 0.717) is 23.9 Å². The molecule has 6 nitrogen and oxygen atoms in total. The summed E-state index contributed by atoms with van der Waals surface area (Å²) in [6.07, 6.45) is 0.875. The number of thiophene rings is 1. The van der Waals surface area contributed by atoms with E-state index in [1.807, 2.05) is 0 Å². The van der Waals surface area contributed by atoms with Gasteiger partial charge in [-0.25, -0.2) is 0 Å². The highest BCUT2D eigenvalue weighted by molar-refractivity contribution is 7.17. The second kappa shape index (κ2) is 5.03. The van der Waals surface area contributed by atoms with Crippen LogP contribution in [0.2, 0.25) is 0 Å². The van der Waals surface area contributed by atoms with Crippen LogP contribution in [0.3, 0.4) is 0 Å². The molecular formula is C11H15N3O3S. The van der Waals surface area contributed by atoms with Crippen molar-refractivity contribution >= 4 is 22.2 Å². The Kier molecular flexibility index (Phi) is 3.63. The Morgan fingerprint density at radius 2 is 2.33 bits per heavy atom. The lowest BCUT2D eigenvalue weighted by molar-refractivity contribution is -0.380. The number of hydrogen-bond donors (Lipinski definition) is 1. The van der Waals surface area contributed by atoms with Crippen LogP contribution in [0.25, 0.3) is 0 Å². The van der Waals surface area contributed by atoms with Crippen molar-refractivity contribution in [3.05, 3.63) is 27.1 Å². The molecule has 2 atom stereocenters. The van der Waals surface area contributed by atoms with Gasteiger partial charge in [-0.1, -0.05) is 18.3 Å². The van der Waals surface area contributed by atoms with Crippen molar-refractivity contribution in [2.45, 2.75) is 19.4 Å². The summed E-state index contributed by atoms with van der Waals surface area (Å²) in [5.74, 6) is 0.252. The lowest BCUT2D eigenvalue weighted by Gasteiger charge is -2.34. The third-order valence-corrected chi connectivity index (χ3v) is 4.31. The standard InChI is InChI=1S/C11H15N3O3S/c1-7-4-5-13(6-8(7)12)11(15)9-2-3-10(18-9)14(16)17/h2-3,7-8H,4-6,12H2,1H3. The lowest BCUT2D eigenvalue weighted by Crippen LogP contribution is -2.49. The van der Waals surface area contributed by atoms with Gasteiger partial charge in [0.05, 0.1) is 9.80 Å². The number of carbonyl (C=O) groups is 1. The van der Waals surface area contributed by atoms with E-state index in [1.54, 1.807) is 4.90 Å². The molecule has 0 bridgehead atoms. The topological polar surface area (TPSA) is 89.5 Å². The maximum atomic E-state index is 12.1. The van der Waals surface area contributed by atoms with E-state index in [1.165, 1.54) is 12.1 Å². The number of amides is 1. The lowest BCUT2D eigenvalue weighted by atomic mass is 9.94. The fourth-order valence-corrected chi connectivity index (χ4v) is 2.77. The molecule has 1 amide bonds. The van der Waals surface area contributed by atoms with Gasteiger partial charge in [0.2, 0.25) is 0 Å². The predicted molar refractivity (Wildman–Crippen MR) is 68.6 cm³/mol. The molecule has 98 valence electrons. The average Bonchev–Trinajstić information content (AvgIpc) is 2.81. The van der Waals surface area contributed by atoms with Gasteiger partial charge in [0, 0.05) is 25.2 Å². The van der Waals surface area contributed by atoms with Gasteiger partial charge in [-0.3, -0.25) is 14.9 Å². The van der Waals surface area contributed by atoms with Crippen LogP contribution in [-0.4, -0.2) is 34.9 Å². The highest BCUT2D eigenvalue weighted by atomic mass is 32.1. The number of nitrogens with two attached hydrogens (primary N) is 1. The van der Waals surface area contributed by atoms with Crippen molar-refractivity contribution in [3.63, 3.8) is 0 Å². The summed E-state index contributed by atoms with van der Waals surface area (Å²) in [6, 6.07) is 2.86. The van der Waals surface area contributed by atoms with Gasteiger partial charge in [0.15, 0.2) is 0 Å². The predicted octanol–water partition coefficient (Wildman–Crippen LogP) is 1.47. The zero-order valence-corrected chi connectivity index (χ0v) is 10.9. The third-order valence-electron chi connectivity index (χ3n) is 3.29. The van der Waals surface area contributed by atoms with E-state index < -0.39 is 4.92 Å². The van der Waals surface area contributed by atoms with Crippen LogP contribution < -0.4 is 5.73 Å². The minimum atomic E-state index is -0.481. The Bertz CT molecular complexity index is 474. The number of nitro groups is 1. The number of piperidine rings is 1. The molecule has 0 spiro atoms. The number of hydrogen-bond acceptors (Lipinski definition) is 5. The molecule has 1 aromatic rings. The van der Waals surface area contributed by atoms with Crippen LogP contribution in [0.4, 0.5) is 5.00 Å². The van der Waals surface area contributed by atoms with Crippen LogP contribution >= 0.6 is 11.3 Å². The zero-order chi connectivity index (χ0) is 13.3. The fraction of sp³-hybridized carbons (Fsp3) is 0.545. The second-order valence-corrected chi connectivity index (χ2v) is 5.64. The first-order valence-corrected chi connectivity index (χ1v) is 6.59. The molecule has 1 saturated heterocycles. The Balaban J connectivity index is 2.09. The van der Waals surface area contributed by atoms with Crippen molar-refractivity contribution in [2.24, 2.45) is 11.7 Å². The second-order valence-electron chi connectivity index (χ2n) is 4.58. The van der Waals surface area contributed by atoms with E-state index in [-0.39, 0.29) is 17.0 Å². The van der Waals surface area contributed by atoms with Crippen molar-refractivity contribution in [3.8, 4) is 0 Å². The van der Waals surface area contributed by atoms with Gasteiger partial charge in [-0.05, 0) is 18.4 Å². The van der Waals surface area contributed by atoms with Crippen LogP contribution in [-0.2, 0) is 0 Å². The minimum absolute atomic E-state index is 0.00646. The van der Waals surface area contributed by atoms with Crippen LogP contribution in [0, 0.1) is 16.0 Å². The van der Waals surface area contributed by atoms with Gasteiger partial charge in [-0.15, -0.1) is 0 Å². The van der Waals surface area contributed by atoms with Crippen LogP contribution in [0.15, 0.2) is 12.1 Å². The molecular weight excluding hydrogens is 254 g/mol. The first kappa shape index (κ1) is 13.0. The molecule has 2 rings (SSSR count). The molecule has 1 aromatic heterocycles. The maximum absolute atomic E-state index is 12.1. The Morgan fingerprint density at radius 1 is 1.61 bits per heavy atom. The summed E-state index contributed by atoms with van der Waals surface area (Å²) in [7, 11) is 0. The van der Waals surface area contributed by atoms with Gasteiger partial charge in [0.25, 0.3) is 5.91 Å². The summed E-state index contributed by atoms with van der Waals surface area (Å²) in [4.78, 5) is 24.3. The first-order valence-electron chi connectivity index (χ1n) is 5.78. The molecule has 1 aliphatic rings. The highest BCUT2D eigenvalue weighted by Gasteiger charge is 2.28. The number of nitrogens with zero attached hydrogens (tertiary/aromatic N) is 2. The van der Waals surface area contributed by atoms with Crippen LogP contribution in [0.1, 0.15) is 23.0 Å². The van der Waals surface area contributed by atoms with E-state index in [2.05, 4.69) is 6.92 Å². The Morgan fingerprint density at radius 3 is 2.89 bits per heavy atom. The van der Waals surface area contributed by atoms with Crippen molar-refractivity contribution in [1.82, 2.24) is 4.90 Å². The Labute approximate surface area is 109 Å². The van der Waals surface area contributed by atoms with E-state index >= 15 is 0 Å². The summed E-state index contributed by atoms with van der Waals surface area (Å²) < 4.78 is 0. The average molecular weight is 269 g/mol. The SMILES string of the molecule is CC1CCN(C(=O)c2ccc([N+](=O)[O-])s2)CC1N. The number of carbonyl (C=O) groups excluding carboxylic acids is 1. The molecule has 2 heterocycles. The normalized spacial score (nSPS) is 24.0. The molecule has 2 unspecified atom stereocenters. The van der Waals surface area contributed by atoms with Crippen molar-refractivity contribution < 1.29 is 9.72 Å². The van der Waals surface area contributed by atoms with Crippen LogP contribution in [0.5, 0.6) is 0 Å². The molecule has 0 aromatic carbocycles. The number of likely N-dealkylation sites (tertiary alicyclic amines) is 1. The number of rotatable bonds is 2. The van der Waals surface area contributed by atoms with E-state index in [9.17, 15) is 14.9 Å². The smallest absolute Gasteiger partial charge is 0.324 e. The minimum Gasteiger partial charge on any atom is -0.336 e. The van der Waals surface area contributed by atoms with Gasteiger partial charge in [0.1, 0.15) is 0 Å². The largest absolute Gasteiger partial charge is 0.336 e. The van der Waals surface area contributed by atoms with E-state index in [4.69, 9.17) is 5.73 Å². The first-order chi connectivity index (χ1) is 8.49. The van der Waals surface area contributed by atoms with E-state index in [0.717, 1.165) is 17.8 Å². The summed E-state index contributed by atoms with van der Waals surface area (Å²) in [5, 5.41) is 10.6. The molecule has 7 heteroatoms. The highest BCUT2D eigenvalue weighted by Crippen LogP contribution is 2.26. The third kappa shape index (κ3) is 2.51. The van der Waals surface area contributed by atoms with Gasteiger partial charge < -0.3 is 10.6 Å². The molecule has 0 saturated carbocycles. The van der Waals surface area contributed by atoms with Crippen molar-refractivity contribution in [1.29, 1.82) is 0 Å². The molecule has 18 heavy (non-hydrogen) atoms. The molecule has 0 aliphatic carbocycles. The quantitative estimate of drug-likeness (QED) is 0.650. The molecule has 1 aliphatic heterocycles. The monoisotopic (exact) mass is 269 g/mol.